The molecule has 0 radical (unpaired) electrons. The molecule has 4 aromatic rings. The second-order valence-electron chi connectivity index (χ2n) is 16.5. The molecule has 0 saturated carbocycles. The standard InChI is InChI=1S/C26H32O7.C23H26O8S/c1-15(2)22(19-7-5-4-6-8-19)20(27)13-17-9-11-18(12-10-17)21(28)14-32-26-25(31)24(30)23(29)16(3)33-26;1-15-20(25)21(26)22(27)23(31-15)30-13-18(24)11-10-16-8-5-9-19(12-16)32(28,29)14-17-6-3-2-4-7-17/h4-12,15-16,22-26,29-31H,13-14H2,1-3H3;2-12,15,20-23,25-27H,13-14H2,1H3/b;11-10+/t16-,22-,23+,24+,25-,26+;15-,20+,21+,22-,23+/m00/s1. The lowest BCUT2D eigenvalue weighted by Gasteiger charge is -2.38. The van der Waals surface area contributed by atoms with E-state index < -0.39 is 83.6 Å². The smallest absolute Gasteiger partial charge is 0.188 e. The van der Waals surface area contributed by atoms with Crippen molar-refractivity contribution in [3.05, 3.63) is 143 Å². The van der Waals surface area contributed by atoms with Gasteiger partial charge in [0.05, 0.1) is 22.9 Å². The number of aliphatic hydroxyl groups excluding tert-OH is 6. The number of carbonyl (C=O) groups is 3. The summed E-state index contributed by atoms with van der Waals surface area (Å²) in [7, 11) is -3.55. The fourth-order valence-electron chi connectivity index (χ4n) is 7.36. The van der Waals surface area contributed by atoms with Crippen molar-refractivity contribution in [1.29, 1.82) is 0 Å². The van der Waals surface area contributed by atoms with Gasteiger partial charge in [0, 0.05) is 17.9 Å². The SMILES string of the molecule is CC(C)[C@H](C(=O)Cc1ccc(C(=O)CO[C@@H]2O[C@@H](C)[C@@H](O)[C@@H](O)[C@@H]2O)cc1)c1ccccc1.C[C@@H]1O[C@@H](OCC(=O)/C=C/c2cccc(S(=O)(=O)Cc3ccccc3)c2)[C@@H](O)[C@H](O)[C@@H]1O. The number of benzene rings is 4. The molecule has 2 aliphatic rings. The quantitative estimate of drug-likeness (QED) is 0.0657. The molecule has 65 heavy (non-hydrogen) atoms. The number of aliphatic hydroxyl groups is 6. The number of hydrogen-bond donors (Lipinski definition) is 6. The van der Waals surface area contributed by atoms with E-state index >= 15 is 0 Å². The zero-order valence-electron chi connectivity index (χ0n) is 36.6. The second kappa shape index (κ2) is 23.6. The van der Waals surface area contributed by atoms with E-state index in [0.717, 1.165) is 11.1 Å². The summed E-state index contributed by atoms with van der Waals surface area (Å²) in [5.41, 5.74) is 3.42. The summed E-state index contributed by atoms with van der Waals surface area (Å²) in [6.07, 6.45) is -9.35. The van der Waals surface area contributed by atoms with E-state index in [9.17, 15) is 53.4 Å². The summed E-state index contributed by atoms with van der Waals surface area (Å²) < 4.78 is 46.6. The van der Waals surface area contributed by atoms with Crippen LogP contribution in [-0.4, -0.2) is 131 Å². The predicted molar refractivity (Wildman–Crippen MR) is 238 cm³/mol. The van der Waals surface area contributed by atoms with Crippen LogP contribution in [0.15, 0.2) is 120 Å². The minimum atomic E-state index is -3.55. The highest BCUT2D eigenvalue weighted by Gasteiger charge is 2.43. The monoisotopic (exact) mass is 918 g/mol. The summed E-state index contributed by atoms with van der Waals surface area (Å²) in [6, 6.07) is 31.6. The van der Waals surface area contributed by atoms with Crippen LogP contribution in [0.1, 0.15) is 66.2 Å². The van der Waals surface area contributed by atoms with Crippen molar-refractivity contribution in [1.82, 2.24) is 0 Å². The molecule has 0 bridgehead atoms. The first-order chi connectivity index (χ1) is 30.9. The van der Waals surface area contributed by atoms with Crippen LogP contribution in [0, 0.1) is 5.92 Å². The van der Waals surface area contributed by atoms with Crippen molar-refractivity contribution in [2.24, 2.45) is 5.92 Å². The molecule has 16 heteroatoms. The largest absolute Gasteiger partial charge is 0.388 e. The Bertz CT molecular complexity index is 2300. The minimum Gasteiger partial charge on any atom is -0.388 e. The van der Waals surface area contributed by atoms with E-state index in [1.807, 2.05) is 50.2 Å². The molecular formula is C49H58O15S. The van der Waals surface area contributed by atoms with Crippen molar-refractivity contribution >= 4 is 33.3 Å². The highest BCUT2D eigenvalue weighted by Crippen LogP contribution is 2.28. The molecule has 6 rings (SSSR count). The molecule has 6 N–H and O–H groups in total. The van der Waals surface area contributed by atoms with Crippen molar-refractivity contribution in [3.8, 4) is 0 Å². The number of Topliss-reactive ketones (excluding diaryl/α,β-unsaturated/α-hetero) is 2. The van der Waals surface area contributed by atoms with Crippen LogP contribution in [0.2, 0.25) is 0 Å². The average Bonchev–Trinajstić information content (AvgIpc) is 3.29. The summed E-state index contributed by atoms with van der Waals surface area (Å²) in [5, 5.41) is 58.9. The third kappa shape index (κ3) is 14.1. The molecule has 0 aliphatic carbocycles. The average molecular weight is 919 g/mol. The van der Waals surface area contributed by atoms with Gasteiger partial charge in [0.25, 0.3) is 0 Å². The van der Waals surface area contributed by atoms with Gasteiger partial charge in [-0.05, 0) is 60.2 Å². The first-order valence-corrected chi connectivity index (χ1v) is 22.9. The summed E-state index contributed by atoms with van der Waals surface area (Å²) in [5.74, 6) is -0.822. The Morgan fingerprint density at radius 3 is 1.74 bits per heavy atom. The molecule has 15 nitrogen and oxygen atoms in total. The van der Waals surface area contributed by atoms with Crippen molar-refractivity contribution in [2.75, 3.05) is 13.2 Å². The molecule has 0 amide bonds. The van der Waals surface area contributed by atoms with E-state index in [0.29, 0.717) is 16.7 Å². The summed E-state index contributed by atoms with van der Waals surface area (Å²) >= 11 is 0. The van der Waals surface area contributed by atoms with E-state index in [1.165, 1.54) is 31.2 Å². The molecule has 2 fully saturated rings. The summed E-state index contributed by atoms with van der Waals surface area (Å²) in [6.45, 7) is 6.32. The van der Waals surface area contributed by atoms with Gasteiger partial charge in [-0.1, -0.05) is 117 Å². The van der Waals surface area contributed by atoms with Gasteiger partial charge in [-0.2, -0.15) is 0 Å². The molecular weight excluding hydrogens is 861 g/mol. The molecule has 0 aromatic heterocycles. The fourth-order valence-corrected chi connectivity index (χ4v) is 8.76. The Morgan fingerprint density at radius 2 is 1.18 bits per heavy atom. The maximum Gasteiger partial charge on any atom is 0.188 e. The molecule has 2 aliphatic heterocycles. The van der Waals surface area contributed by atoms with Crippen LogP contribution in [0.3, 0.4) is 0 Å². The van der Waals surface area contributed by atoms with Gasteiger partial charge < -0.3 is 49.6 Å². The van der Waals surface area contributed by atoms with Gasteiger partial charge in [0.1, 0.15) is 55.6 Å². The lowest BCUT2D eigenvalue weighted by molar-refractivity contribution is -0.290. The molecule has 2 saturated heterocycles. The predicted octanol–water partition coefficient (Wildman–Crippen LogP) is 3.35. The lowest BCUT2D eigenvalue weighted by atomic mass is 9.83. The molecule has 0 spiro atoms. The molecule has 11 atom stereocenters. The van der Waals surface area contributed by atoms with Crippen LogP contribution >= 0.6 is 0 Å². The third-order valence-electron chi connectivity index (χ3n) is 11.1. The minimum absolute atomic E-state index is 0.122. The first kappa shape index (κ1) is 51.2. The van der Waals surface area contributed by atoms with Crippen LogP contribution in [0.4, 0.5) is 0 Å². The number of sulfone groups is 1. The highest BCUT2D eigenvalue weighted by molar-refractivity contribution is 7.90. The Balaban J connectivity index is 0.000000244. The van der Waals surface area contributed by atoms with Gasteiger partial charge in [0.15, 0.2) is 34.0 Å². The zero-order valence-corrected chi connectivity index (χ0v) is 37.4. The number of ketones is 3. The normalized spacial score (nSPS) is 26.3. The highest BCUT2D eigenvalue weighted by atomic mass is 32.2. The van der Waals surface area contributed by atoms with Gasteiger partial charge in [0.2, 0.25) is 0 Å². The van der Waals surface area contributed by atoms with Crippen LogP contribution in [0.25, 0.3) is 6.08 Å². The molecule has 350 valence electrons. The second-order valence-corrected chi connectivity index (χ2v) is 18.5. The van der Waals surface area contributed by atoms with Gasteiger partial charge in [-0.25, -0.2) is 8.42 Å². The van der Waals surface area contributed by atoms with Crippen LogP contribution in [-0.2, 0) is 50.5 Å². The summed E-state index contributed by atoms with van der Waals surface area (Å²) in [4.78, 5) is 37.8. The molecule has 2 heterocycles. The number of ether oxygens (including phenoxy) is 4. The van der Waals surface area contributed by atoms with E-state index in [1.54, 1.807) is 67.6 Å². The zero-order chi connectivity index (χ0) is 47.4. The lowest BCUT2D eigenvalue weighted by Crippen LogP contribution is -2.57. The van der Waals surface area contributed by atoms with Crippen LogP contribution in [0.5, 0.6) is 0 Å². The van der Waals surface area contributed by atoms with E-state index in [4.69, 9.17) is 18.9 Å². The van der Waals surface area contributed by atoms with E-state index in [-0.39, 0.29) is 47.1 Å². The molecule has 4 aromatic carbocycles. The fraction of sp³-hybridized carbons (Fsp3) is 0.408. The Morgan fingerprint density at radius 1 is 0.646 bits per heavy atom. The number of carbonyl (C=O) groups excluding carboxylic acids is 3. The number of rotatable bonds is 17. The maximum atomic E-state index is 13.0. The van der Waals surface area contributed by atoms with Gasteiger partial charge in [-0.3, -0.25) is 14.4 Å². The Kier molecular flexibility index (Phi) is 18.6. The van der Waals surface area contributed by atoms with Crippen molar-refractivity contribution in [2.45, 2.75) is 112 Å². The first-order valence-electron chi connectivity index (χ1n) is 21.3. The van der Waals surface area contributed by atoms with Crippen molar-refractivity contribution in [3.63, 3.8) is 0 Å². The third-order valence-corrected chi connectivity index (χ3v) is 12.8. The van der Waals surface area contributed by atoms with Gasteiger partial charge in [-0.15, -0.1) is 0 Å². The van der Waals surface area contributed by atoms with Gasteiger partial charge >= 0.3 is 0 Å². The van der Waals surface area contributed by atoms with E-state index in [2.05, 4.69) is 0 Å². The topological polar surface area (TPSA) is 244 Å². The Hall–Kier alpha value is -4.82. The molecule has 0 unspecified atom stereocenters. The van der Waals surface area contributed by atoms with Crippen molar-refractivity contribution < 1.29 is 72.4 Å². The maximum absolute atomic E-state index is 13.0. The van der Waals surface area contributed by atoms with Crippen LogP contribution < -0.4 is 0 Å². The Labute approximate surface area is 378 Å². The number of hydrogen-bond acceptors (Lipinski definition) is 15.